The van der Waals surface area contributed by atoms with Gasteiger partial charge in [-0.1, -0.05) is 91.5 Å². The van der Waals surface area contributed by atoms with Crippen molar-refractivity contribution in [3.8, 4) is 11.1 Å². The summed E-state index contributed by atoms with van der Waals surface area (Å²) in [6, 6.07) is 21.5. The standard InChI is InChI=1S/C51H58N2O19/c1-8-22-61-47(59)40(53-51(60)64-23-37-35-20-14-12-18-33(35)34-19-13-15-21-36(34)37)26(2)65-49-41(52-27(3)54)44(42-39(69-49)25-63-48(71-42)32-16-10-9-11-17-32)72-50-46(68-31(7)58)45(67-30(6)57)43(66-29(5)56)38(70-50)24-62-28(4)55/h8-21,26,37-46,48-50H,1,22-25H2,2-7H3,(H,52,54)(H,53,60)/t26-,38?,39?,40+,41+,42+,43+,44-,45+,46+,48?,49+,50+/m1/s1. The first-order chi connectivity index (χ1) is 34.5. The van der Waals surface area contributed by atoms with Crippen LogP contribution in [-0.2, 0) is 85.6 Å². The van der Waals surface area contributed by atoms with E-state index < -0.39 is 128 Å². The van der Waals surface area contributed by atoms with Crippen LogP contribution in [0.4, 0.5) is 4.79 Å². The Morgan fingerprint density at radius 3 is 1.90 bits per heavy atom. The second-order valence-electron chi connectivity index (χ2n) is 17.3. The minimum absolute atomic E-state index is 0.0782. The second kappa shape index (κ2) is 24.1. The van der Waals surface area contributed by atoms with Gasteiger partial charge in [-0.25, -0.2) is 9.59 Å². The minimum Gasteiger partial charge on any atom is -0.463 e. The molecule has 21 heteroatoms. The fraction of sp³-hybridized carbons (Fsp3) is 0.471. The van der Waals surface area contributed by atoms with Gasteiger partial charge in [0.1, 0.15) is 50.3 Å². The topological polar surface area (TPSA) is 254 Å². The minimum atomic E-state index is -1.76. The number of hydrogen-bond donors (Lipinski definition) is 2. The molecule has 3 saturated heterocycles. The van der Waals surface area contributed by atoms with Crippen LogP contribution in [0.25, 0.3) is 11.1 Å². The van der Waals surface area contributed by atoms with Crippen molar-refractivity contribution in [2.75, 3.05) is 26.4 Å². The molecule has 13 atom stereocenters. The molecule has 0 radical (unpaired) electrons. The zero-order chi connectivity index (χ0) is 51.6. The monoisotopic (exact) mass is 1000 g/mol. The highest BCUT2D eigenvalue weighted by molar-refractivity contribution is 5.83. The fourth-order valence-corrected chi connectivity index (χ4v) is 9.13. The maximum atomic E-state index is 13.8. The van der Waals surface area contributed by atoms with E-state index in [0.29, 0.717) is 5.56 Å². The largest absolute Gasteiger partial charge is 0.463 e. The van der Waals surface area contributed by atoms with E-state index in [4.69, 9.17) is 56.8 Å². The lowest BCUT2D eigenvalue weighted by atomic mass is 9.94. The average Bonchev–Trinajstić information content (AvgIpc) is 3.66. The van der Waals surface area contributed by atoms with E-state index in [9.17, 15) is 33.6 Å². The molecule has 2 amide bonds. The number of amides is 2. The third-order valence-electron chi connectivity index (χ3n) is 12.1. The quantitative estimate of drug-likeness (QED) is 0.104. The molecule has 0 bridgehead atoms. The summed E-state index contributed by atoms with van der Waals surface area (Å²) in [7, 11) is 0. The number of benzene rings is 3. The number of nitrogens with one attached hydrogen (secondary N) is 2. The predicted octanol–water partition coefficient (Wildman–Crippen LogP) is 3.84. The molecule has 72 heavy (non-hydrogen) atoms. The van der Waals surface area contributed by atoms with Gasteiger partial charge in [-0.2, -0.15) is 0 Å². The van der Waals surface area contributed by atoms with Gasteiger partial charge in [-0.05, 0) is 29.2 Å². The Bertz CT molecular complexity index is 2410. The van der Waals surface area contributed by atoms with Crippen LogP contribution in [0, 0.1) is 0 Å². The van der Waals surface area contributed by atoms with E-state index >= 15 is 0 Å². The first kappa shape index (κ1) is 53.1. The molecule has 1 aliphatic carbocycles. The van der Waals surface area contributed by atoms with Crippen molar-refractivity contribution in [2.24, 2.45) is 0 Å². The lowest BCUT2D eigenvalue weighted by Crippen LogP contribution is -2.70. The molecule has 4 aliphatic rings. The normalized spacial score (nSPS) is 27.2. The molecular formula is C51H58N2O19. The number of carbonyl (C=O) groups excluding carboxylic acids is 7. The van der Waals surface area contributed by atoms with Gasteiger partial charge in [-0.3, -0.25) is 24.0 Å². The number of ether oxygens (including phenoxy) is 12. The second-order valence-corrected chi connectivity index (χ2v) is 17.3. The summed E-state index contributed by atoms with van der Waals surface area (Å²) in [5.41, 5.74) is 4.56. The Morgan fingerprint density at radius 1 is 0.681 bits per heavy atom. The Kier molecular flexibility index (Phi) is 17.8. The lowest BCUT2D eigenvalue weighted by molar-refractivity contribution is -0.381. The van der Waals surface area contributed by atoms with Crippen LogP contribution in [0.15, 0.2) is 91.5 Å². The van der Waals surface area contributed by atoms with Crippen molar-refractivity contribution in [2.45, 2.75) is 127 Å². The Balaban J connectivity index is 1.21. The fourth-order valence-electron chi connectivity index (χ4n) is 9.13. The predicted molar refractivity (Wildman–Crippen MR) is 247 cm³/mol. The van der Waals surface area contributed by atoms with E-state index in [1.54, 1.807) is 30.3 Å². The maximum absolute atomic E-state index is 13.8. The molecule has 21 nitrogen and oxygen atoms in total. The summed E-state index contributed by atoms with van der Waals surface area (Å²) >= 11 is 0. The van der Waals surface area contributed by atoms with E-state index in [1.807, 2.05) is 48.5 Å². The van der Waals surface area contributed by atoms with Crippen LogP contribution < -0.4 is 10.6 Å². The molecule has 0 spiro atoms. The number of alkyl carbamates (subject to hydrolysis) is 1. The smallest absolute Gasteiger partial charge is 0.407 e. The third-order valence-corrected chi connectivity index (χ3v) is 12.1. The van der Waals surface area contributed by atoms with Crippen LogP contribution in [0.5, 0.6) is 0 Å². The molecule has 7 rings (SSSR count). The zero-order valence-corrected chi connectivity index (χ0v) is 40.5. The summed E-state index contributed by atoms with van der Waals surface area (Å²) < 4.78 is 72.1. The van der Waals surface area contributed by atoms with Crippen LogP contribution in [0.3, 0.4) is 0 Å². The van der Waals surface area contributed by atoms with Gasteiger partial charge in [0.2, 0.25) is 5.91 Å². The molecule has 3 aromatic rings. The first-order valence-corrected chi connectivity index (χ1v) is 23.3. The number of esters is 5. The molecule has 0 saturated carbocycles. The van der Waals surface area contributed by atoms with Crippen LogP contribution in [0.1, 0.15) is 70.4 Å². The number of fused-ring (bicyclic) bond motifs is 4. The van der Waals surface area contributed by atoms with Gasteiger partial charge in [-0.15, -0.1) is 0 Å². The van der Waals surface area contributed by atoms with Crippen molar-refractivity contribution in [3.63, 3.8) is 0 Å². The molecule has 2 N–H and O–H groups in total. The Labute approximate surface area is 414 Å². The molecule has 3 fully saturated rings. The van der Waals surface area contributed by atoms with E-state index in [-0.39, 0.29) is 25.7 Å². The molecule has 3 aliphatic heterocycles. The molecule has 3 heterocycles. The van der Waals surface area contributed by atoms with Gasteiger partial charge >= 0.3 is 35.9 Å². The van der Waals surface area contributed by atoms with Gasteiger partial charge < -0.3 is 67.5 Å². The van der Waals surface area contributed by atoms with Gasteiger partial charge in [0, 0.05) is 46.1 Å². The molecule has 3 aromatic carbocycles. The summed E-state index contributed by atoms with van der Waals surface area (Å²) in [6.07, 6.45) is -15.2. The summed E-state index contributed by atoms with van der Waals surface area (Å²) in [5, 5.41) is 5.38. The van der Waals surface area contributed by atoms with E-state index in [2.05, 4.69) is 17.2 Å². The zero-order valence-electron chi connectivity index (χ0n) is 40.5. The third kappa shape index (κ3) is 12.8. The highest BCUT2D eigenvalue weighted by atomic mass is 16.8. The lowest BCUT2D eigenvalue weighted by Gasteiger charge is -2.52. The highest BCUT2D eigenvalue weighted by Crippen LogP contribution is 2.45. The van der Waals surface area contributed by atoms with Crippen molar-refractivity contribution in [1.82, 2.24) is 10.6 Å². The van der Waals surface area contributed by atoms with Gasteiger partial charge in [0.05, 0.1) is 12.7 Å². The Morgan fingerprint density at radius 2 is 1.29 bits per heavy atom. The number of carbonyl (C=O) groups is 7. The van der Waals surface area contributed by atoms with E-state index in [0.717, 1.165) is 49.9 Å². The van der Waals surface area contributed by atoms with E-state index in [1.165, 1.54) is 19.9 Å². The van der Waals surface area contributed by atoms with Crippen molar-refractivity contribution in [1.29, 1.82) is 0 Å². The molecule has 0 aromatic heterocycles. The van der Waals surface area contributed by atoms with Crippen LogP contribution in [-0.4, -0.2) is 142 Å². The number of hydrogen-bond acceptors (Lipinski definition) is 19. The number of rotatable bonds is 18. The van der Waals surface area contributed by atoms with Crippen LogP contribution >= 0.6 is 0 Å². The summed E-state index contributed by atoms with van der Waals surface area (Å²) in [6.45, 7) is 9.62. The highest BCUT2D eigenvalue weighted by Gasteiger charge is 2.58. The Hall–Kier alpha value is -6.75. The summed E-state index contributed by atoms with van der Waals surface area (Å²) in [5.74, 6) is -5.20. The van der Waals surface area contributed by atoms with Crippen molar-refractivity contribution >= 4 is 41.8 Å². The average molecular weight is 1000 g/mol. The molecular weight excluding hydrogens is 945 g/mol. The maximum Gasteiger partial charge on any atom is 0.407 e. The van der Waals surface area contributed by atoms with Gasteiger partial charge in [0.15, 0.2) is 43.2 Å². The molecule has 3 unspecified atom stereocenters. The van der Waals surface area contributed by atoms with Gasteiger partial charge in [0.25, 0.3) is 0 Å². The SMILES string of the molecule is C=CCOC(=O)[C@@H](NC(=O)OCC1c2ccccc2-c2ccccc21)[C@@H](C)O[C@H]1OC2COC(c3ccccc3)O[C@@H]2[C@H](O[C@@H]2OC(COC(C)=O)[C@H](OC(C)=O)[C@H](OC(C)=O)[C@@H]2OC(C)=O)[C@@H]1NC(C)=O. The van der Waals surface area contributed by atoms with Crippen molar-refractivity contribution < 1.29 is 90.4 Å². The first-order valence-electron chi connectivity index (χ1n) is 23.3. The van der Waals surface area contributed by atoms with Crippen molar-refractivity contribution in [3.05, 3.63) is 108 Å². The van der Waals surface area contributed by atoms with Crippen LogP contribution in [0.2, 0.25) is 0 Å². The summed E-state index contributed by atoms with van der Waals surface area (Å²) in [4.78, 5) is 90.8. The molecule has 386 valence electrons.